The number of carbonyl (C=O) groups excluding carboxylic acids is 2. The van der Waals surface area contributed by atoms with E-state index < -0.39 is 11.6 Å². The number of amides is 2. The third kappa shape index (κ3) is 5.40. The van der Waals surface area contributed by atoms with Crippen LogP contribution in [0.3, 0.4) is 0 Å². The molecule has 0 bridgehead atoms. The van der Waals surface area contributed by atoms with Gasteiger partial charge in [0.25, 0.3) is 0 Å². The van der Waals surface area contributed by atoms with Crippen LogP contribution < -0.4 is 10.6 Å². The molecule has 3 atom stereocenters. The number of ether oxygens (including phenoxy) is 2. The zero-order chi connectivity index (χ0) is 19.2. The van der Waals surface area contributed by atoms with E-state index in [0.717, 1.165) is 19.3 Å². The molecule has 1 aromatic carbocycles. The van der Waals surface area contributed by atoms with Crippen molar-refractivity contribution in [3.05, 3.63) is 29.6 Å². The minimum atomic E-state index is -0.719. The number of phenols is 1. The number of halogens is 1. The van der Waals surface area contributed by atoms with E-state index in [1.807, 2.05) is 0 Å². The van der Waals surface area contributed by atoms with Crippen LogP contribution in [0.4, 0.5) is 4.39 Å². The van der Waals surface area contributed by atoms with E-state index in [1.54, 1.807) is 6.07 Å². The van der Waals surface area contributed by atoms with Crippen molar-refractivity contribution in [2.24, 2.45) is 5.92 Å². The van der Waals surface area contributed by atoms with Gasteiger partial charge in [-0.25, -0.2) is 4.39 Å². The Kier molecular flexibility index (Phi) is 6.63. The van der Waals surface area contributed by atoms with Crippen LogP contribution in [0.2, 0.25) is 0 Å². The Morgan fingerprint density at radius 1 is 1.19 bits per heavy atom. The Morgan fingerprint density at radius 3 is 2.78 bits per heavy atom. The van der Waals surface area contributed by atoms with Gasteiger partial charge in [0.15, 0.2) is 11.6 Å². The number of benzene rings is 1. The van der Waals surface area contributed by atoms with Crippen molar-refractivity contribution in [2.45, 2.75) is 44.4 Å². The molecule has 0 aliphatic carbocycles. The fourth-order valence-electron chi connectivity index (χ4n) is 3.30. The molecule has 3 rings (SSSR count). The molecule has 2 aliphatic heterocycles. The molecule has 0 saturated carbocycles. The van der Waals surface area contributed by atoms with Crippen LogP contribution in [0.25, 0.3) is 0 Å². The average Bonchev–Trinajstić information content (AvgIpc) is 3.16. The van der Waals surface area contributed by atoms with E-state index in [-0.39, 0.29) is 43.1 Å². The van der Waals surface area contributed by atoms with Crippen LogP contribution in [0.5, 0.6) is 5.75 Å². The molecule has 1 unspecified atom stereocenters. The number of aromatic hydroxyl groups is 1. The largest absolute Gasteiger partial charge is 0.505 e. The van der Waals surface area contributed by atoms with E-state index in [4.69, 9.17) is 9.47 Å². The minimum Gasteiger partial charge on any atom is -0.505 e. The second kappa shape index (κ2) is 9.14. The predicted molar refractivity (Wildman–Crippen MR) is 94.4 cm³/mol. The van der Waals surface area contributed by atoms with Gasteiger partial charge in [-0.15, -0.1) is 0 Å². The number of carbonyl (C=O) groups is 2. The zero-order valence-electron chi connectivity index (χ0n) is 15.1. The van der Waals surface area contributed by atoms with Gasteiger partial charge in [0.1, 0.15) is 6.10 Å². The van der Waals surface area contributed by atoms with E-state index in [9.17, 15) is 19.1 Å². The second-order valence-corrected chi connectivity index (χ2v) is 6.99. The normalized spacial score (nSPS) is 25.1. The van der Waals surface area contributed by atoms with Gasteiger partial charge in [-0.3, -0.25) is 9.59 Å². The van der Waals surface area contributed by atoms with Crippen LogP contribution in [-0.4, -0.2) is 48.9 Å². The van der Waals surface area contributed by atoms with Crippen molar-refractivity contribution >= 4 is 11.8 Å². The summed E-state index contributed by atoms with van der Waals surface area (Å²) in [6.07, 6.45) is 2.64. The summed E-state index contributed by atoms with van der Waals surface area (Å²) >= 11 is 0. The average molecular weight is 380 g/mol. The highest BCUT2D eigenvalue weighted by molar-refractivity contribution is 5.81. The van der Waals surface area contributed by atoms with Gasteiger partial charge >= 0.3 is 0 Å². The molecular formula is C19H25FN2O5. The monoisotopic (exact) mass is 380 g/mol. The summed E-state index contributed by atoms with van der Waals surface area (Å²) in [7, 11) is 0. The first-order valence-electron chi connectivity index (χ1n) is 9.29. The summed E-state index contributed by atoms with van der Waals surface area (Å²) in [5.74, 6) is -1.74. The molecule has 7 nitrogen and oxygen atoms in total. The van der Waals surface area contributed by atoms with Crippen molar-refractivity contribution in [3.8, 4) is 5.75 Å². The van der Waals surface area contributed by atoms with Crippen LogP contribution in [0.1, 0.15) is 31.2 Å². The summed E-state index contributed by atoms with van der Waals surface area (Å²) in [5, 5.41) is 14.8. The first kappa shape index (κ1) is 19.6. The Labute approximate surface area is 157 Å². The molecule has 0 radical (unpaired) electrons. The lowest BCUT2D eigenvalue weighted by Gasteiger charge is -2.22. The lowest BCUT2D eigenvalue weighted by molar-refractivity contribution is -0.136. The fraction of sp³-hybridized carbons (Fsp3) is 0.579. The maximum absolute atomic E-state index is 13.3. The molecule has 2 fully saturated rings. The van der Waals surface area contributed by atoms with E-state index in [1.165, 1.54) is 12.1 Å². The van der Waals surface area contributed by atoms with Gasteiger partial charge in [-0.05, 0) is 43.4 Å². The maximum Gasteiger partial charge on any atom is 0.249 e. The lowest BCUT2D eigenvalue weighted by Crippen LogP contribution is -2.41. The van der Waals surface area contributed by atoms with Gasteiger partial charge < -0.3 is 25.2 Å². The van der Waals surface area contributed by atoms with Crippen molar-refractivity contribution < 1.29 is 28.6 Å². The molecule has 2 heterocycles. The summed E-state index contributed by atoms with van der Waals surface area (Å²) in [6.45, 7) is 1.43. The topological polar surface area (TPSA) is 96.9 Å². The standard InChI is InChI=1S/C19H25FN2O5/c20-15-7-12(4-5-16(15)23)9-21-18(24)13-8-14(27-11-13)10-22-19(25)17-3-1-2-6-26-17/h4-5,7,13-14,17,23H,1-3,6,8-11H2,(H,21,24)(H,22,25)/t13-,14-,17?/m0/s1. The number of rotatable bonds is 6. The van der Waals surface area contributed by atoms with Gasteiger partial charge in [-0.2, -0.15) is 0 Å². The highest BCUT2D eigenvalue weighted by atomic mass is 19.1. The quantitative estimate of drug-likeness (QED) is 0.690. The predicted octanol–water partition coefficient (Wildman–Crippen LogP) is 1.24. The third-order valence-electron chi connectivity index (χ3n) is 4.91. The molecule has 148 valence electrons. The van der Waals surface area contributed by atoms with Crippen molar-refractivity contribution in [3.63, 3.8) is 0 Å². The van der Waals surface area contributed by atoms with Crippen LogP contribution >= 0.6 is 0 Å². The molecule has 2 amide bonds. The molecule has 0 aromatic heterocycles. The Hall–Kier alpha value is -2.19. The summed E-state index contributed by atoms with van der Waals surface area (Å²) < 4.78 is 24.4. The Balaban J connectivity index is 1.38. The first-order valence-corrected chi connectivity index (χ1v) is 9.29. The van der Waals surface area contributed by atoms with Crippen LogP contribution in [0.15, 0.2) is 18.2 Å². The second-order valence-electron chi connectivity index (χ2n) is 6.99. The summed E-state index contributed by atoms with van der Waals surface area (Å²) in [4.78, 5) is 24.3. The summed E-state index contributed by atoms with van der Waals surface area (Å²) in [5.41, 5.74) is 0.564. The minimum absolute atomic E-state index is 0.124. The summed E-state index contributed by atoms with van der Waals surface area (Å²) in [6, 6.07) is 3.99. The maximum atomic E-state index is 13.3. The van der Waals surface area contributed by atoms with Crippen LogP contribution in [-0.2, 0) is 25.6 Å². The smallest absolute Gasteiger partial charge is 0.249 e. The fourth-order valence-corrected chi connectivity index (χ4v) is 3.30. The number of nitrogens with one attached hydrogen (secondary N) is 2. The molecule has 1 aromatic rings. The molecule has 0 spiro atoms. The molecule has 2 saturated heterocycles. The molecule has 8 heteroatoms. The van der Waals surface area contributed by atoms with E-state index >= 15 is 0 Å². The van der Waals surface area contributed by atoms with Crippen LogP contribution in [0, 0.1) is 11.7 Å². The van der Waals surface area contributed by atoms with Crippen molar-refractivity contribution in [1.29, 1.82) is 0 Å². The van der Waals surface area contributed by atoms with E-state index in [0.29, 0.717) is 25.1 Å². The number of hydrogen-bond donors (Lipinski definition) is 3. The van der Waals surface area contributed by atoms with Gasteiger partial charge in [0.05, 0.1) is 18.6 Å². The van der Waals surface area contributed by atoms with E-state index in [2.05, 4.69) is 10.6 Å². The number of phenolic OH excluding ortho intramolecular Hbond substituents is 1. The lowest BCUT2D eigenvalue weighted by atomic mass is 10.0. The molecule has 3 N–H and O–H groups in total. The highest BCUT2D eigenvalue weighted by Crippen LogP contribution is 2.20. The molecular weight excluding hydrogens is 355 g/mol. The van der Waals surface area contributed by atoms with Gasteiger partial charge in [0.2, 0.25) is 11.8 Å². The zero-order valence-corrected chi connectivity index (χ0v) is 15.1. The number of hydrogen-bond acceptors (Lipinski definition) is 5. The van der Waals surface area contributed by atoms with Gasteiger partial charge in [0, 0.05) is 19.7 Å². The first-order chi connectivity index (χ1) is 13.0. The van der Waals surface area contributed by atoms with Gasteiger partial charge in [-0.1, -0.05) is 6.07 Å². The van der Waals surface area contributed by atoms with Crippen molar-refractivity contribution in [2.75, 3.05) is 19.8 Å². The molecule has 2 aliphatic rings. The molecule has 27 heavy (non-hydrogen) atoms. The SMILES string of the molecule is O=C(NC[C@@H]1C[C@H](C(=O)NCc2ccc(O)c(F)c2)CO1)C1CCCCO1. The Bertz CT molecular complexity index is 678. The third-order valence-corrected chi connectivity index (χ3v) is 4.91. The van der Waals surface area contributed by atoms with Crippen molar-refractivity contribution in [1.82, 2.24) is 10.6 Å². The Morgan fingerprint density at radius 2 is 2.04 bits per heavy atom. The highest BCUT2D eigenvalue weighted by Gasteiger charge is 2.31.